The van der Waals surface area contributed by atoms with Crippen LogP contribution in [-0.4, -0.2) is 30.3 Å². The Hall–Kier alpha value is -0.770. The van der Waals surface area contributed by atoms with Gasteiger partial charge in [-0.2, -0.15) is 0 Å². The van der Waals surface area contributed by atoms with Crippen LogP contribution >= 0.6 is 0 Å². The van der Waals surface area contributed by atoms with Crippen LogP contribution < -0.4 is 5.32 Å². The molecule has 0 amide bonds. The van der Waals surface area contributed by atoms with Crippen molar-refractivity contribution in [2.45, 2.75) is 18.6 Å². The smallest absolute Gasteiger partial charge is 0.0679 e. The molecule has 0 saturated carbocycles. The lowest BCUT2D eigenvalue weighted by molar-refractivity contribution is 0.193. The number of aliphatic hydroxyl groups is 1. The van der Waals surface area contributed by atoms with Gasteiger partial charge in [-0.3, -0.25) is 0 Å². The molecule has 0 bridgehead atoms. The quantitative estimate of drug-likeness (QED) is 0.323. The second kappa shape index (κ2) is 3.41. The molecule has 2 atom stereocenters. The van der Waals surface area contributed by atoms with Crippen LogP contribution in [0.2, 0.25) is 0 Å². The molecule has 1 aliphatic heterocycles. The SMILES string of the molecule is [N-]=[N+]=NCC1CC(O)CN1. The summed E-state index contributed by atoms with van der Waals surface area (Å²) in [6.45, 7) is 1.05. The Morgan fingerprint density at radius 2 is 2.60 bits per heavy atom. The Balaban J connectivity index is 2.24. The Morgan fingerprint density at radius 1 is 1.80 bits per heavy atom. The minimum atomic E-state index is -0.265. The second-order valence-corrected chi connectivity index (χ2v) is 2.41. The molecule has 1 saturated heterocycles. The first-order chi connectivity index (χ1) is 4.83. The third-order valence-corrected chi connectivity index (χ3v) is 1.56. The molecule has 1 aliphatic rings. The van der Waals surface area contributed by atoms with Gasteiger partial charge in [0.1, 0.15) is 0 Å². The zero-order valence-electron chi connectivity index (χ0n) is 5.56. The van der Waals surface area contributed by atoms with Crippen molar-refractivity contribution in [2.24, 2.45) is 5.11 Å². The highest BCUT2D eigenvalue weighted by Gasteiger charge is 2.20. The van der Waals surface area contributed by atoms with E-state index in [9.17, 15) is 0 Å². The van der Waals surface area contributed by atoms with E-state index in [1.165, 1.54) is 0 Å². The maximum absolute atomic E-state index is 9.00. The third-order valence-electron chi connectivity index (χ3n) is 1.56. The van der Waals surface area contributed by atoms with E-state index < -0.39 is 0 Å². The van der Waals surface area contributed by atoms with Gasteiger partial charge in [-0.05, 0) is 12.0 Å². The van der Waals surface area contributed by atoms with Crippen molar-refractivity contribution in [2.75, 3.05) is 13.1 Å². The highest BCUT2D eigenvalue weighted by atomic mass is 16.3. The van der Waals surface area contributed by atoms with Crippen molar-refractivity contribution in [1.82, 2.24) is 5.32 Å². The summed E-state index contributed by atoms with van der Waals surface area (Å²) in [6.07, 6.45) is 0.429. The fourth-order valence-corrected chi connectivity index (χ4v) is 1.07. The van der Waals surface area contributed by atoms with Crippen LogP contribution in [0, 0.1) is 0 Å². The number of β-amino-alcohol motifs (C(OH)–C–C–N with tert-alkyl or cyclic N) is 1. The van der Waals surface area contributed by atoms with E-state index in [-0.39, 0.29) is 12.1 Å². The minimum Gasteiger partial charge on any atom is -0.392 e. The topological polar surface area (TPSA) is 81.0 Å². The van der Waals surface area contributed by atoms with E-state index in [4.69, 9.17) is 10.6 Å². The molecule has 2 N–H and O–H groups in total. The van der Waals surface area contributed by atoms with Gasteiger partial charge in [-0.1, -0.05) is 5.11 Å². The molecule has 5 nitrogen and oxygen atoms in total. The average Bonchev–Trinajstić information content (AvgIpc) is 2.31. The van der Waals surface area contributed by atoms with Crippen LogP contribution in [-0.2, 0) is 0 Å². The monoisotopic (exact) mass is 142 g/mol. The summed E-state index contributed by atoms with van der Waals surface area (Å²) in [6, 6.07) is 0.172. The second-order valence-electron chi connectivity index (χ2n) is 2.41. The van der Waals surface area contributed by atoms with Crippen LogP contribution in [0.5, 0.6) is 0 Å². The van der Waals surface area contributed by atoms with Crippen LogP contribution in [0.15, 0.2) is 5.11 Å². The summed E-state index contributed by atoms with van der Waals surface area (Å²) in [5, 5.41) is 15.4. The van der Waals surface area contributed by atoms with Gasteiger partial charge in [0.25, 0.3) is 0 Å². The molecule has 1 heterocycles. The predicted octanol–water partition coefficient (Wildman–Crippen LogP) is 0.0195. The van der Waals surface area contributed by atoms with Gasteiger partial charge in [-0.15, -0.1) is 0 Å². The summed E-state index contributed by atoms with van der Waals surface area (Å²) in [5.41, 5.74) is 7.96. The Morgan fingerprint density at radius 3 is 3.10 bits per heavy atom. The maximum atomic E-state index is 9.00. The first-order valence-corrected chi connectivity index (χ1v) is 3.25. The van der Waals surface area contributed by atoms with Crippen molar-refractivity contribution in [3.8, 4) is 0 Å². The lowest BCUT2D eigenvalue weighted by Crippen LogP contribution is -2.23. The molecule has 0 aromatic heterocycles. The number of azide groups is 1. The molecule has 0 aliphatic carbocycles. The van der Waals surface area contributed by atoms with Crippen molar-refractivity contribution in [3.05, 3.63) is 10.4 Å². The molecule has 1 rings (SSSR count). The van der Waals surface area contributed by atoms with Crippen LogP contribution in [0.3, 0.4) is 0 Å². The molecular weight excluding hydrogens is 132 g/mol. The molecule has 1 fully saturated rings. The Bertz CT molecular complexity index is 154. The fourth-order valence-electron chi connectivity index (χ4n) is 1.07. The summed E-state index contributed by atoms with van der Waals surface area (Å²) >= 11 is 0. The molecule has 56 valence electrons. The lowest BCUT2D eigenvalue weighted by atomic mass is 10.2. The predicted molar refractivity (Wildman–Crippen MR) is 36.4 cm³/mol. The van der Waals surface area contributed by atoms with Crippen LogP contribution in [0.1, 0.15) is 6.42 Å². The zero-order valence-corrected chi connectivity index (χ0v) is 5.56. The first-order valence-electron chi connectivity index (χ1n) is 3.25. The van der Waals surface area contributed by atoms with Crippen molar-refractivity contribution >= 4 is 0 Å². The molecular formula is C5H10N4O. The molecule has 2 unspecified atom stereocenters. The van der Waals surface area contributed by atoms with Crippen molar-refractivity contribution in [1.29, 1.82) is 0 Å². The van der Waals surface area contributed by atoms with Crippen LogP contribution in [0.25, 0.3) is 10.4 Å². The summed E-state index contributed by atoms with van der Waals surface area (Å²) in [7, 11) is 0. The van der Waals surface area contributed by atoms with E-state index in [1.807, 2.05) is 0 Å². The number of aliphatic hydroxyl groups excluding tert-OH is 1. The van der Waals surface area contributed by atoms with E-state index >= 15 is 0 Å². The first kappa shape index (κ1) is 7.34. The van der Waals surface area contributed by atoms with E-state index in [1.54, 1.807) is 0 Å². The van der Waals surface area contributed by atoms with Gasteiger partial charge >= 0.3 is 0 Å². The van der Waals surface area contributed by atoms with Gasteiger partial charge in [0.05, 0.1) is 6.10 Å². The van der Waals surface area contributed by atoms with Gasteiger partial charge < -0.3 is 10.4 Å². The number of nitrogens with zero attached hydrogens (tertiary/aromatic N) is 3. The largest absolute Gasteiger partial charge is 0.392 e. The highest BCUT2D eigenvalue weighted by molar-refractivity contribution is 4.82. The van der Waals surface area contributed by atoms with Gasteiger partial charge in [0.2, 0.25) is 0 Å². The number of hydrogen-bond acceptors (Lipinski definition) is 3. The molecule has 0 radical (unpaired) electrons. The van der Waals surface area contributed by atoms with Crippen molar-refractivity contribution in [3.63, 3.8) is 0 Å². The number of hydrogen-bond donors (Lipinski definition) is 2. The standard InChI is InChI=1S/C5H10N4O/c6-9-8-2-4-1-5(10)3-7-4/h4-5,7,10H,1-3H2. The van der Waals surface area contributed by atoms with E-state index in [0.29, 0.717) is 19.5 Å². The molecule has 0 aromatic rings. The van der Waals surface area contributed by atoms with Gasteiger partial charge in [-0.25, -0.2) is 0 Å². The summed E-state index contributed by atoms with van der Waals surface area (Å²) in [4.78, 5) is 2.63. The summed E-state index contributed by atoms with van der Waals surface area (Å²) < 4.78 is 0. The fraction of sp³-hybridized carbons (Fsp3) is 1.00. The Labute approximate surface area is 58.7 Å². The van der Waals surface area contributed by atoms with Gasteiger partial charge in [0.15, 0.2) is 0 Å². The minimum absolute atomic E-state index is 0.172. The van der Waals surface area contributed by atoms with Gasteiger partial charge in [0, 0.05) is 24.0 Å². The number of rotatable bonds is 2. The normalized spacial score (nSPS) is 31.7. The lowest BCUT2D eigenvalue weighted by Gasteiger charge is -2.02. The zero-order chi connectivity index (χ0) is 7.40. The van der Waals surface area contributed by atoms with E-state index in [2.05, 4.69) is 15.3 Å². The molecule has 5 heteroatoms. The molecule has 0 spiro atoms. The molecule has 10 heavy (non-hydrogen) atoms. The third kappa shape index (κ3) is 1.88. The van der Waals surface area contributed by atoms with Crippen molar-refractivity contribution < 1.29 is 5.11 Å². The highest BCUT2D eigenvalue weighted by Crippen LogP contribution is 2.05. The molecule has 0 aromatic carbocycles. The number of nitrogens with one attached hydrogen (secondary N) is 1. The van der Waals surface area contributed by atoms with Crippen LogP contribution in [0.4, 0.5) is 0 Å². The maximum Gasteiger partial charge on any atom is 0.0679 e. The summed E-state index contributed by atoms with van der Waals surface area (Å²) in [5.74, 6) is 0. The Kier molecular flexibility index (Phi) is 2.50. The van der Waals surface area contributed by atoms with E-state index in [0.717, 1.165) is 0 Å². The average molecular weight is 142 g/mol.